The van der Waals surface area contributed by atoms with E-state index < -0.39 is 0 Å². The number of anilines is 4. The van der Waals surface area contributed by atoms with E-state index in [0.29, 0.717) is 23.3 Å². The number of pyridine rings is 1. The minimum atomic E-state index is -0.207. The van der Waals surface area contributed by atoms with Gasteiger partial charge >= 0.3 is 0 Å². The van der Waals surface area contributed by atoms with Gasteiger partial charge in [-0.2, -0.15) is 12.1 Å². The van der Waals surface area contributed by atoms with Gasteiger partial charge < -0.3 is 19.1 Å². The molecule has 71 heavy (non-hydrogen) atoms. The monoisotopic (exact) mass is 1110 g/mol. The number of aromatic nitrogens is 2. The summed E-state index contributed by atoms with van der Waals surface area (Å²) in [4.78, 5) is 9.54. The third-order valence-corrected chi connectivity index (χ3v) is 14.3. The van der Waals surface area contributed by atoms with E-state index in [-0.39, 0.29) is 37.3 Å². The van der Waals surface area contributed by atoms with Crippen molar-refractivity contribution in [3.8, 4) is 28.4 Å². The Morgan fingerprint density at radius 3 is 1.90 bits per heavy atom. The standard InChI is InChI=1S/C65H65N4O.Pt/c1-42(2)53-25-18-26-54(43(3)4)62(53)44-27-31-58-60(35-44)68(49-22-16-21-46(36-49)63(5,6)7)41-67(58)50-23-17-24-51(39-50)70-52-29-30-55-56-37-48(65(11,12)45-19-14-13-15-20-45)28-32-57(56)69(59(55)40-52)61-38-47(33-34-66-61)64(8,9)10;/h13-38,41-43H,1-12H3;/q-3;. The van der Waals surface area contributed by atoms with Crippen LogP contribution in [-0.4, -0.2) is 9.55 Å². The van der Waals surface area contributed by atoms with E-state index >= 15 is 0 Å². The number of ether oxygens (including phenoxy) is 1. The molecular weight excluding hydrogens is 1050 g/mol. The van der Waals surface area contributed by atoms with Gasteiger partial charge in [0.15, 0.2) is 0 Å². The number of nitrogens with zero attached hydrogens (tertiary/aromatic N) is 4. The maximum Gasteiger partial charge on any atom is 0.135 e. The molecule has 5 nitrogen and oxygen atoms in total. The molecule has 0 radical (unpaired) electrons. The van der Waals surface area contributed by atoms with E-state index in [1.165, 1.54) is 44.5 Å². The SMILES string of the molecule is CC(C)c1cccc(C(C)C)c1-c1ccc2c(c1)N(c1cccc(C(C)(C)C)c1)[CH-]N2c1[c-]c(Oc2[c-]c3c(cc2)c2cc(C(C)(C)c4ccccc4)ccc2n3-c2cc(C(C)(C)C)ccn2)ccc1.[Pt]. The molecule has 0 aliphatic carbocycles. The van der Waals surface area contributed by atoms with Gasteiger partial charge in [-0.3, -0.25) is 0 Å². The summed E-state index contributed by atoms with van der Waals surface area (Å²) in [6, 6.07) is 62.4. The summed E-state index contributed by atoms with van der Waals surface area (Å²) in [5.74, 6) is 2.81. The molecule has 0 atom stereocenters. The van der Waals surface area contributed by atoms with Gasteiger partial charge in [0.2, 0.25) is 0 Å². The fourth-order valence-electron chi connectivity index (χ4n) is 10.1. The number of rotatable bonds is 10. The van der Waals surface area contributed by atoms with Gasteiger partial charge in [0.25, 0.3) is 0 Å². The Labute approximate surface area is 436 Å². The van der Waals surface area contributed by atoms with Gasteiger partial charge in [-0.25, -0.2) is 4.98 Å². The predicted molar refractivity (Wildman–Crippen MR) is 294 cm³/mol. The third kappa shape index (κ3) is 9.35. The summed E-state index contributed by atoms with van der Waals surface area (Å²) in [6.45, 7) is 29.5. The first-order chi connectivity index (χ1) is 33.4. The Bertz CT molecular complexity index is 3380. The second kappa shape index (κ2) is 19.0. The Kier molecular flexibility index (Phi) is 13.2. The second-order valence-corrected chi connectivity index (χ2v) is 22.3. The molecule has 0 bridgehead atoms. The van der Waals surface area contributed by atoms with Crippen LogP contribution < -0.4 is 14.5 Å². The van der Waals surface area contributed by atoms with Crippen molar-refractivity contribution in [2.45, 2.75) is 111 Å². The molecule has 3 heterocycles. The van der Waals surface area contributed by atoms with Crippen molar-refractivity contribution in [1.29, 1.82) is 0 Å². The molecule has 0 spiro atoms. The van der Waals surface area contributed by atoms with Crippen LogP contribution in [0.3, 0.4) is 0 Å². The minimum Gasteiger partial charge on any atom is -0.509 e. The number of hydrogen-bond donors (Lipinski definition) is 0. The molecule has 0 N–H and O–H groups in total. The van der Waals surface area contributed by atoms with Crippen molar-refractivity contribution in [2.24, 2.45) is 0 Å². The molecule has 0 unspecified atom stereocenters. The topological polar surface area (TPSA) is 33.5 Å². The number of benzene rings is 7. The first-order valence-corrected chi connectivity index (χ1v) is 24.9. The van der Waals surface area contributed by atoms with E-state index in [2.05, 4.69) is 250 Å². The third-order valence-electron chi connectivity index (χ3n) is 14.3. The van der Waals surface area contributed by atoms with Gasteiger partial charge in [0.05, 0.1) is 0 Å². The molecule has 0 amide bonds. The zero-order valence-electron chi connectivity index (χ0n) is 43.3. The fraction of sp³-hybridized carbons (Fsp3) is 0.262. The zero-order valence-corrected chi connectivity index (χ0v) is 45.5. The molecule has 7 aromatic carbocycles. The molecule has 364 valence electrons. The summed E-state index contributed by atoms with van der Waals surface area (Å²) in [5.41, 5.74) is 16.2. The van der Waals surface area contributed by atoms with E-state index in [0.717, 1.165) is 50.4 Å². The fourth-order valence-corrected chi connectivity index (χ4v) is 10.1. The summed E-state index contributed by atoms with van der Waals surface area (Å²) < 4.78 is 9.03. The Balaban J connectivity index is 0.00000624. The van der Waals surface area contributed by atoms with E-state index in [9.17, 15) is 0 Å². The average molecular weight is 1110 g/mol. The van der Waals surface area contributed by atoms with Crippen molar-refractivity contribution in [3.63, 3.8) is 0 Å². The smallest absolute Gasteiger partial charge is 0.135 e. The number of fused-ring (bicyclic) bond motifs is 4. The minimum absolute atomic E-state index is 0. The summed E-state index contributed by atoms with van der Waals surface area (Å²) in [5, 5.41) is 2.23. The van der Waals surface area contributed by atoms with Crippen LogP contribution in [0.2, 0.25) is 0 Å². The second-order valence-electron chi connectivity index (χ2n) is 22.3. The van der Waals surface area contributed by atoms with Gasteiger partial charge in [-0.05, 0) is 115 Å². The van der Waals surface area contributed by atoms with Crippen LogP contribution in [0.15, 0.2) is 158 Å². The average Bonchev–Trinajstić information content (AvgIpc) is 3.89. The van der Waals surface area contributed by atoms with Crippen LogP contribution in [0.5, 0.6) is 11.5 Å². The molecule has 1 aliphatic rings. The maximum absolute atomic E-state index is 6.79. The Morgan fingerprint density at radius 1 is 0.535 bits per heavy atom. The normalized spacial score (nSPS) is 13.1. The molecule has 0 fully saturated rings. The molecule has 9 aromatic rings. The molecule has 2 aromatic heterocycles. The Morgan fingerprint density at radius 2 is 1.20 bits per heavy atom. The van der Waals surface area contributed by atoms with Crippen LogP contribution >= 0.6 is 0 Å². The van der Waals surface area contributed by atoms with Crippen LogP contribution in [0.25, 0.3) is 38.8 Å². The van der Waals surface area contributed by atoms with Crippen molar-refractivity contribution in [3.05, 3.63) is 210 Å². The number of hydrogen-bond acceptors (Lipinski definition) is 4. The molecule has 6 heteroatoms. The van der Waals surface area contributed by atoms with Crippen molar-refractivity contribution >= 4 is 44.6 Å². The largest absolute Gasteiger partial charge is 0.509 e. The van der Waals surface area contributed by atoms with Crippen LogP contribution in [0, 0.1) is 18.8 Å². The quantitative estimate of drug-likeness (QED) is 0.128. The van der Waals surface area contributed by atoms with Gasteiger partial charge in [0, 0.05) is 66.8 Å². The maximum atomic E-state index is 6.79. The van der Waals surface area contributed by atoms with Crippen LogP contribution in [0.4, 0.5) is 22.7 Å². The van der Waals surface area contributed by atoms with Crippen molar-refractivity contribution in [1.82, 2.24) is 9.55 Å². The molecule has 1 aliphatic heterocycles. The molecular formula is C65H65N4OPt-3. The Hall–Kier alpha value is -6.42. The van der Waals surface area contributed by atoms with Gasteiger partial charge in [-0.1, -0.05) is 167 Å². The van der Waals surface area contributed by atoms with Crippen LogP contribution in [-0.2, 0) is 37.3 Å². The van der Waals surface area contributed by atoms with E-state index in [4.69, 9.17) is 9.72 Å². The summed E-state index contributed by atoms with van der Waals surface area (Å²) >= 11 is 0. The van der Waals surface area contributed by atoms with Gasteiger partial charge in [-0.15, -0.1) is 48.1 Å². The molecule has 0 saturated carbocycles. The van der Waals surface area contributed by atoms with E-state index in [1.54, 1.807) is 0 Å². The first kappa shape index (κ1) is 49.6. The van der Waals surface area contributed by atoms with Crippen molar-refractivity contribution in [2.75, 3.05) is 9.80 Å². The van der Waals surface area contributed by atoms with E-state index in [1.807, 2.05) is 24.4 Å². The van der Waals surface area contributed by atoms with Crippen LogP contribution in [0.1, 0.15) is 128 Å². The summed E-state index contributed by atoms with van der Waals surface area (Å²) in [6.07, 6.45) is 1.92. The van der Waals surface area contributed by atoms with Gasteiger partial charge in [0.1, 0.15) is 5.82 Å². The molecule has 0 saturated heterocycles. The van der Waals surface area contributed by atoms with Crippen molar-refractivity contribution < 1.29 is 25.8 Å². The summed E-state index contributed by atoms with van der Waals surface area (Å²) in [7, 11) is 0. The first-order valence-electron chi connectivity index (χ1n) is 24.9. The predicted octanol–water partition coefficient (Wildman–Crippen LogP) is 17.8. The molecule has 10 rings (SSSR count). The zero-order chi connectivity index (χ0) is 49.3.